The number of carbonyl (C=O) groups excluding carboxylic acids is 1. The number of likely N-dealkylation sites (tertiary alicyclic amines) is 1. The zero-order valence-electron chi connectivity index (χ0n) is 9.62. The van der Waals surface area contributed by atoms with Gasteiger partial charge in [-0.2, -0.15) is 0 Å². The lowest BCUT2D eigenvalue weighted by Crippen LogP contribution is -2.49. The van der Waals surface area contributed by atoms with Gasteiger partial charge in [-0.05, 0) is 40.0 Å². The third kappa shape index (κ3) is 2.40. The second-order valence-electron chi connectivity index (χ2n) is 3.99. The van der Waals surface area contributed by atoms with Crippen molar-refractivity contribution in [1.29, 1.82) is 0 Å². The Labute approximate surface area is 87.1 Å². The summed E-state index contributed by atoms with van der Waals surface area (Å²) < 4.78 is 0. The average molecular weight is 198 g/mol. The van der Waals surface area contributed by atoms with Gasteiger partial charge in [0, 0.05) is 25.7 Å². The van der Waals surface area contributed by atoms with E-state index in [-0.39, 0.29) is 6.03 Å². The molecule has 1 heterocycles. The topological polar surface area (TPSA) is 23.6 Å². The minimum atomic E-state index is 0.224. The van der Waals surface area contributed by atoms with Gasteiger partial charge in [0.1, 0.15) is 0 Å². The van der Waals surface area contributed by atoms with Gasteiger partial charge in [0.05, 0.1) is 0 Å². The lowest BCUT2D eigenvalue weighted by Gasteiger charge is -2.36. The molecule has 2 amide bonds. The van der Waals surface area contributed by atoms with Gasteiger partial charge in [0.15, 0.2) is 0 Å². The molecule has 1 rings (SSSR count). The monoisotopic (exact) mass is 198 g/mol. The number of carbonyl (C=O) groups is 1. The van der Waals surface area contributed by atoms with Crippen LogP contribution in [0.25, 0.3) is 0 Å². The second kappa shape index (κ2) is 5.23. The highest BCUT2D eigenvalue weighted by molar-refractivity contribution is 5.74. The summed E-state index contributed by atoms with van der Waals surface area (Å²) in [5.41, 5.74) is 0. The largest absolute Gasteiger partial charge is 0.325 e. The Morgan fingerprint density at radius 1 is 1.36 bits per heavy atom. The molecule has 0 radical (unpaired) electrons. The van der Waals surface area contributed by atoms with Crippen LogP contribution in [0.4, 0.5) is 4.79 Å². The normalized spacial score (nSPS) is 22.2. The van der Waals surface area contributed by atoms with Gasteiger partial charge in [0.2, 0.25) is 0 Å². The number of piperidine rings is 1. The molecule has 1 fully saturated rings. The SMILES string of the molecule is CCN(CC)C(=O)N1CCCCC1C. The van der Waals surface area contributed by atoms with E-state index in [2.05, 4.69) is 6.92 Å². The molecule has 0 bridgehead atoms. The fraction of sp³-hybridized carbons (Fsp3) is 0.909. The highest BCUT2D eigenvalue weighted by atomic mass is 16.2. The maximum absolute atomic E-state index is 12.0. The van der Waals surface area contributed by atoms with E-state index in [0.29, 0.717) is 6.04 Å². The van der Waals surface area contributed by atoms with Gasteiger partial charge in [-0.1, -0.05) is 0 Å². The van der Waals surface area contributed by atoms with Crippen molar-refractivity contribution in [2.45, 2.75) is 46.1 Å². The quantitative estimate of drug-likeness (QED) is 0.668. The van der Waals surface area contributed by atoms with E-state index in [1.165, 1.54) is 6.42 Å². The number of amides is 2. The van der Waals surface area contributed by atoms with Gasteiger partial charge in [-0.3, -0.25) is 0 Å². The molecule has 3 heteroatoms. The van der Waals surface area contributed by atoms with Crippen LogP contribution in [-0.4, -0.2) is 41.5 Å². The predicted octanol–water partition coefficient (Wildman–Crippen LogP) is 2.32. The van der Waals surface area contributed by atoms with Gasteiger partial charge in [-0.15, -0.1) is 0 Å². The minimum absolute atomic E-state index is 0.224. The Morgan fingerprint density at radius 2 is 2.00 bits per heavy atom. The zero-order chi connectivity index (χ0) is 10.6. The molecule has 0 spiro atoms. The minimum Gasteiger partial charge on any atom is -0.325 e. The van der Waals surface area contributed by atoms with Crippen LogP contribution in [0.3, 0.4) is 0 Å². The summed E-state index contributed by atoms with van der Waals surface area (Å²) in [6.07, 6.45) is 3.59. The van der Waals surface area contributed by atoms with E-state index < -0.39 is 0 Å². The zero-order valence-corrected chi connectivity index (χ0v) is 9.62. The molecule has 1 aliphatic heterocycles. The van der Waals surface area contributed by atoms with Crippen molar-refractivity contribution in [2.24, 2.45) is 0 Å². The van der Waals surface area contributed by atoms with Crippen LogP contribution in [0.15, 0.2) is 0 Å². The molecule has 1 saturated heterocycles. The van der Waals surface area contributed by atoms with Crippen LogP contribution in [0, 0.1) is 0 Å². The summed E-state index contributed by atoms with van der Waals surface area (Å²) in [5.74, 6) is 0. The number of nitrogens with zero attached hydrogens (tertiary/aromatic N) is 2. The molecule has 0 saturated carbocycles. The van der Waals surface area contributed by atoms with Crippen LogP contribution in [0.2, 0.25) is 0 Å². The summed E-state index contributed by atoms with van der Waals surface area (Å²) in [5, 5.41) is 0. The van der Waals surface area contributed by atoms with Crippen LogP contribution in [-0.2, 0) is 0 Å². The first-order valence-corrected chi connectivity index (χ1v) is 5.76. The first-order valence-electron chi connectivity index (χ1n) is 5.76. The average Bonchev–Trinajstić information content (AvgIpc) is 2.20. The van der Waals surface area contributed by atoms with Crippen LogP contribution in [0.5, 0.6) is 0 Å². The fourth-order valence-corrected chi connectivity index (χ4v) is 2.06. The molecule has 1 atom stereocenters. The lowest BCUT2D eigenvalue weighted by molar-refractivity contribution is 0.124. The molecule has 0 aromatic heterocycles. The van der Waals surface area contributed by atoms with E-state index in [1.54, 1.807) is 0 Å². The second-order valence-corrected chi connectivity index (χ2v) is 3.99. The van der Waals surface area contributed by atoms with Gasteiger partial charge < -0.3 is 9.80 Å². The molecular formula is C11H22N2O. The lowest BCUT2D eigenvalue weighted by atomic mass is 10.0. The number of hydrogen-bond donors (Lipinski definition) is 0. The van der Waals surface area contributed by atoms with E-state index in [4.69, 9.17) is 0 Å². The number of hydrogen-bond acceptors (Lipinski definition) is 1. The number of rotatable bonds is 2. The highest BCUT2D eigenvalue weighted by Gasteiger charge is 2.25. The third-order valence-corrected chi connectivity index (χ3v) is 3.08. The van der Waals surface area contributed by atoms with Crippen molar-refractivity contribution in [3.63, 3.8) is 0 Å². The Bertz CT molecular complexity index is 190. The van der Waals surface area contributed by atoms with E-state index in [1.807, 2.05) is 23.6 Å². The summed E-state index contributed by atoms with van der Waals surface area (Å²) in [6.45, 7) is 8.81. The molecule has 1 aliphatic rings. The van der Waals surface area contributed by atoms with Crippen LogP contribution in [0.1, 0.15) is 40.0 Å². The van der Waals surface area contributed by atoms with Crippen molar-refractivity contribution in [3.8, 4) is 0 Å². The van der Waals surface area contributed by atoms with Crippen molar-refractivity contribution in [2.75, 3.05) is 19.6 Å². The molecule has 1 unspecified atom stereocenters. The van der Waals surface area contributed by atoms with Gasteiger partial charge >= 0.3 is 6.03 Å². The van der Waals surface area contributed by atoms with E-state index in [0.717, 1.165) is 32.5 Å². The van der Waals surface area contributed by atoms with Crippen molar-refractivity contribution in [3.05, 3.63) is 0 Å². The molecule has 0 aromatic rings. The Morgan fingerprint density at radius 3 is 2.50 bits per heavy atom. The third-order valence-electron chi connectivity index (χ3n) is 3.08. The van der Waals surface area contributed by atoms with Gasteiger partial charge in [-0.25, -0.2) is 4.79 Å². The molecule has 82 valence electrons. The molecule has 14 heavy (non-hydrogen) atoms. The summed E-state index contributed by atoms with van der Waals surface area (Å²) in [4.78, 5) is 16.0. The standard InChI is InChI=1S/C11H22N2O/c1-4-12(5-2)11(14)13-9-7-6-8-10(13)3/h10H,4-9H2,1-3H3. The Balaban J connectivity index is 2.57. The summed E-state index contributed by atoms with van der Waals surface area (Å²) in [6, 6.07) is 0.652. The molecule has 3 nitrogen and oxygen atoms in total. The summed E-state index contributed by atoms with van der Waals surface area (Å²) in [7, 11) is 0. The first-order chi connectivity index (χ1) is 6.70. The van der Waals surface area contributed by atoms with Gasteiger partial charge in [0.25, 0.3) is 0 Å². The molecular weight excluding hydrogens is 176 g/mol. The summed E-state index contributed by atoms with van der Waals surface area (Å²) >= 11 is 0. The maximum atomic E-state index is 12.0. The molecule has 0 N–H and O–H groups in total. The van der Waals surface area contributed by atoms with Crippen LogP contribution < -0.4 is 0 Å². The fourth-order valence-electron chi connectivity index (χ4n) is 2.06. The molecule has 0 aromatic carbocycles. The van der Waals surface area contributed by atoms with Crippen molar-refractivity contribution >= 4 is 6.03 Å². The van der Waals surface area contributed by atoms with E-state index in [9.17, 15) is 4.79 Å². The van der Waals surface area contributed by atoms with Crippen molar-refractivity contribution < 1.29 is 4.79 Å². The van der Waals surface area contributed by atoms with E-state index >= 15 is 0 Å². The van der Waals surface area contributed by atoms with Crippen molar-refractivity contribution in [1.82, 2.24) is 9.80 Å². The molecule has 0 aliphatic carbocycles. The predicted molar refractivity (Wildman–Crippen MR) is 58.3 cm³/mol. The smallest absolute Gasteiger partial charge is 0.320 e. The van der Waals surface area contributed by atoms with Crippen LogP contribution >= 0.6 is 0 Å². The highest BCUT2D eigenvalue weighted by Crippen LogP contribution is 2.17. The maximum Gasteiger partial charge on any atom is 0.320 e. The Kier molecular flexibility index (Phi) is 4.23. The first kappa shape index (κ1) is 11.3. The number of urea groups is 1. The Hall–Kier alpha value is -0.730.